The van der Waals surface area contributed by atoms with Gasteiger partial charge in [0.25, 0.3) is 0 Å². The van der Waals surface area contributed by atoms with Crippen LogP contribution >= 0.6 is 0 Å². The van der Waals surface area contributed by atoms with Gasteiger partial charge < -0.3 is 5.73 Å². The number of hydrogen-bond donors (Lipinski definition) is 1. The van der Waals surface area contributed by atoms with Gasteiger partial charge in [0.2, 0.25) is 0 Å². The molecule has 0 aliphatic rings. The van der Waals surface area contributed by atoms with Gasteiger partial charge in [0.05, 0.1) is 5.75 Å². The Morgan fingerprint density at radius 2 is 1.92 bits per heavy atom. The summed E-state index contributed by atoms with van der Waals surface area (Å²) in [5.41, 5.74) is 5.14. The summed E-state index contributed by atoms with van der Waals surface area (Å²) in [7, 11) is -3.03. The highest BCUT2D eigenvalue weighted by Gasteiger charge is 2.13. The number of sulfone groups is 1. The van der Waals surface area contributed by atoms with Gasteiger partial charge >= 0.3 is 0 Å². The second-order valence-corrected chi connectivity index (χ2v) is 5.42. The fourth-order valence-corrected chi connectivity index (χ4v) is 2.49. The van der Waals surface area contributed by atoms with Crippen molar-refractivity contribution in [2.24, 2.45) is 5.73 Å². The zero-order valence-electron chi connectivity index (χ0n) is 8.00. The third-order valence-electron chi connectivity index (χ3n) is 1.74. The minimum absolute atomic E-state index is 0.0536. The molecule has 13 heavy (non-hydrogen) atoms. The van der Waals surface area contributed by atoms with E-state index < -0.39 is 16.0 Å². The van der Waals surface area contributed by atoms with Gasteiger partial charge in [-0.15, -0.1) is 0 Å². The van der Waals surface area contributed by atoms with Gasteiger partial charge in [-0.25, -0.2) is 12.8 Å². The predicted octanol–water partition coefficient (Wildman–Crippen LogP) is 0.888. The Kier molecular flexibility index (Phi) is 6.24. The number of nitrogens with two attached hydrogens (primary N) is 1. The molecule has 0 rings (SSSR count). The average molecular weight is 211 g/mol. The summed E-state index contributed by atoms with van der Waals surface area (Å²) in [4.78, 5) is 0. The third kappa shape index (κ3) is 6.95. The van der Waals surface area contributed by atoms with Crippen molar-refractivity contribution in [3.8, 4) is 0 Å². The number of hydrogen-bond acceptors (Lipinski definition) is 3. The van der Waals surface area contributed by atoms with Crippen LogP contribution in [0, 0.1) is 0 Å². The summed E-state index contributed by atoms with van der Waals surface area (Å²) in [6, 6.07) is 0. The van der Waals surface area contributed by atoms with Crippen LogP contribution in [0.3, 0.4) is 0 Å². The molecule has 0 bridgehead atoms. The summed E-state index contributed by atoms with van der Waals surface area (Å²) < 4.78 is 35.1. The molecule has 0 fully saturated rings. The first kappa shape index (κ1) is 12.8. The second-order valence-electron chi connectivity index (χ2n) is 3.12. The minimum atomic E-state index is -3.03. The van der Waals surface area contributed by atoms with Gasteiger partial charge in [0.15, 0.2) is 0 Å². The lowest BCUT2D eigenvalue weighted by molar-refractivity contribution is 0.310. The fourth-order valence-electron chi connectivity index (χ4n) is 1.05. The molecule has 0 aliphatic carbocycles. The molecule has 0 saturated carbocycles. The number of halogens is 1. The second kappa shape index (κ2) is 6.32. The highest BCUT2D eigenvalue weighted by atomic mass is 32.2. The van der Waals surface area contributed by atoms with E-state index in [-0.39, 0.29) is 30.9 Å². The molecule has 0 aromatic heterocycles. The van der Waals surface area contributed by atoms with Gasteiger partial charge in [0.1, 0.15) is 16.0 Å². The first-order valence-corrected chi connectivity index (χ1v) is 6.38. The van der Waals surface area contributed by atoms with Crippen molar-refractivity contribution in [3.63, 3.8) is 0 Å². The van der Waals surface area contributed by atoms with E-state index in [1.807, 2.05) is 0 Å². The molecule has 5 heteroatoms. The highest BCUT2D eigenvalue weighted by Crippen LogP contribution is 2.06. The Morgan fingerprint density at radius 1 is 1.31 bits per heavy atom. The summed E-state index contributed by atoms with van der Waals surface area (Å²) >= 11 is 0. The zero-order valence-corrected chi connectivity index (χ0v) is 8.82. The van der Waals surface area contributed by atoms with E-state index in [0.717, 1.165) is 0 Å². The largest absolute Gasteiger partial charge is 0.330 e. The zero-order chi connectivity index (χ0) is 10.3. The lowest BCUT2D eigenvalue weighted by atomic mass is 10.2. The van der Waals surface area contributed by atoms with Crippen molar-refractivity contribution in [2.75, 3.05) is 18.1 Å². The molecule has 80 valence electrons. The summed E-state index contributed by atoms with van der Waals surface area (Å²) in [6.07, 6.45) is -0.145. The monoisotopic (exact) mass is 211 g/mol. The van der Waals surface area contributed by atoms with Crippen LogP contribution in [-0.4, -0.2) is 32.6 Å². The van der Waals surface area contributed by atoms with Crippen molar-refractivity contribution in [1.29, 1.82) is 0 Å². The molecule has 2 N–H and O–H groups in total. The van der Waals surface area contributed by atoms with Gasteiger partial charge in [-0.1, -0.05) is 6.92 Å². The number of alkyl halides is 1. The highest BCUT2D eigenvalue weighted by molar-refractivity contribution is 7.91. The molecule has 0 amide bonds. The van der Waals surface area contributed by atoms with E-state index in [1.54, 1.807) is 6.92 Å². The molecule has 0 saturated heterocycles. The maximum absolute atomic E-state index is 12.8. The predicted molar refractivity (Wildman–Crippen MR) is 52.1 cm³/mol. The van der Waals surface area contributed by atoms with Gasteiger partial charge in [-0.2, -0.15) is 0 Å². The molecule has 0 aliphatic heterocycles. The smallest absolute Gasteiger partial charge is 0.150 e. The summed E-state index contributed by atoms with van der Waals surface area (Å²) in [5, 5.41) is 0. The fraction of sp³-hybridized carbons (Fsp3) is 1.00. The molecule has 0 aromatic rings. The molecule has 3 nitrogen and oxygen atoms in total. The van der Waals surface area contributed by atoms with Crippen molar-refractivity contribution in [2.45, 2.75) is 32.4 Å². The van der Waals surface area contributed by atoms with Crippen LogP contribution in [0.25, 0.3) is 0 Å². The van der Waals surface area contributed by atoms with Crippen molar-refractivity contribution in [3.05, 3.63) is 0 Å². The Morgan fingerprint density at radius 3 is 2.38 bits per heavy atom. The van der Waals surface area contributed by atoms with Crippen molar-refractivity contribution in [1.82, 2.24) is 0 Å². The van der Waals surface area contributed by atoms with Gasteiger partial charge in [-0.05, 0) is 25.8 Å². The van der Waals surface area contributed by atoms with Crippen LogP contribution in [0.15, 0.2) is 0 Å². The lowest BCUT2D eigenvalue weighted by Crippen LogP contribution is -2.17. The van der Waals surface area contributed by atoms with Crippen LogP contribution in [0.1, 0.15) is 26.2 Å². The molecule has 0 spiro atoms. The first-order chi connectivity index (χ1) is 6.02. The molecule has 0 aromatic carbocycles. The molecule has 0 heterocycles. The molecular formula is C8H18FNO2S. The molecule has 1 unspecified atom stereocenters. The Hall–Kier alpha value is -0.160. The van der Waals surface area contributed by atoms with E-state index in [2.05, 4.69) is 0 Å². The average Bonchev–Trinajstić information content (AvgIpc) is 2.02. The standard InChI is InChI=1S/C8H18FNO2S/c1-2-6-13(11,12)7-4-8(9)3-5-10/h8H,2-7,10H2,1H3. The van der Waals surface area contributed by atoms with Crippen LogP contribution in [0.2, 0.25) is 0 Å². The summed E-state index contributed by atoms with van der Waals surface area (Å²) in [6.45, 7) is 2.07. The lowest BCUT2D eigenvalue weighted by Gasteiger charge is -2.06. The molecule has 0 radical (unpaired) electrons. The molecule has 1 atom stereocenters. The first-order valence-electron chi connectivity index (χ1n) is 4.56. The maximum atomic E-state index is 12.8. The van der Waals surface area contributed by atoms with Crippen LogP contribution in [0.4, 0.5) is 4.39 Å². The minimum Gasteiger partial charge on any atom is -0.330 e. The van der Waals surface area contributed by atoms with Gasteiger partial charge in [-0.3, -0.25) is 0 Å². The van der Waals surface area contributed by atoms with E-state index in [9.17, 15) is 12.8 Å². The number of rotatable bonds is 7. The molecular weight excluding hydrogens is 193 g/mol. The van der Waals surface area contributed by atoms with E-state index in [0.29, 0.717) is 6.42 Å². The quantitative estimate of drug-likeness (QED) is 0.680. The van der Waals surface area contributed by atoms with Crippen LogP contribution < -0.4 is 5.73 Å². The third-order valence-corrected chi connectivity index (χ3v) is 3.63. The Balaban J connectivity index is 3.74. The van der Waals surface area contributed by atoms with Crippen LogP contribution in [0.5, 0.6) is 0 Å². The van der Waals surface area contributed by atoms with E-state index in [1.165, 1.54) is 0 Å². The summed E-state index contributed by atoms with van der Waals surface area (Å²) in [5.74, 6) is 0.102. The SMILES string of the molecule is CCCS(=O)(=O)CCC(F)CCN. The van der Waals surface area contributed by atoms with Crippen LogP contribution in [-0.2, 0) is 9.84 Å². The Bertz CT molecular complexity index is 216. The van der Waals surface area contributed by atoms with E-state index in [4.69, 9.17) is 5.73 Å². The maximum Gasteiger partial charge on any atom is 0.150 e. The normalized spacial score (nSPS) is 14.4. The van der Waals surface area contributed by atoms with Crippen molar-refractivity contribution >= 4 is 9.84 Å². The van der Waals surface area contributed by atoms with Gasteiger partial charge in [0, 0.05) is 5.75 Å². The Labute approximate surface area is 79.4 Å². The topological polar surface area (TPSA) is 60.2 Å². The van der Waals surface area contributed by atoms with Crippen molar-refractivity contribution < 1.29 is 12.8 Å². The van der Waals surface area contributed by atoms with E-state index >= 15 is 0 Å².